The second kappa shape index (κ2) is 6.52. The van der Waals surface area contributed by atoms with Crippen molar-refractivity contribution in [2.24, 2.45) is 5.92 Å². The molecule has 21 heavy (non-hydrogen) atoms. The van der Waals surface area contributed by atoms with E-state index in [2.05, 4.69) is 0 Å². The number of likely N-dealkylation sites (tertiary alicyclic amines) is 1. The number of amides is 2. The van der Waals surface area contributed by atoms with Gasteiger partial charge in [0, 0.05) is 44.1 Å². The molecule has 5 heteroatoms. The van der Waals surface area contributed by atoms with Crippen molar-refractivity contribution in [3.8, 4) is 0 Å². The van der Waals surface area contributed by atoms with Crippen LogP contribution in [0.4, 0.5) is 0 Å². The Balaban J connectivity index is 1.60. The highest BCUT2D eigenvalue weighted by Gasteiger charge is 2.36. The molecule has 0 aliphatic carbocycles. The molecule has 0 bridgehead atoms. The van der Waals surface area contributed by atoms with Gasteiger partial charge in [0.1, 0.15) is 0 Å². The molecule has 2 aliphatic heterocycles. The number of nitrogens with zero attached hydrogens (tertiary/aromatic N) is 2. The monoisotopic (exact) mass is 304 g/mol. The lowest BCUT2D eigenvalue weighted by Gasteiger charge is -2.28. The Morgan fingerprint density at radius 3 is 2.62 bits per heavy atom. The van der Waals surface area contributed by atoms with E-state index in [1.165, 1.54) is 0 Å². The third kappa shape index (κ3) is 3.40. The van der Waals surface area contributed by atoms with E-state index in [1.54, 1.807) is 0 Å². The lowest BCUT2D eigenvalue weighted by atomic mass is 10.1. The predicted octanol–water partition coefficient (Wildman–Crippen LogP) is 1.61. The summed E-state index contributed by atoms with van der Waals surface area (Å²) in [5.74, 6) is 2.15. The van der Waals surface area contributed by atoms with Crippen molar-refractivity contribution in [2.45, 2.75) is 13.0 Å². The number of benzene rings is 1. The number of hydrogen-bond donors (Lipinski definition) is 0. The van der Waals surface area contributed by atoms with Crippen LogP contribution in [0.2, 0.25) is 0 Å². The maximum Gasteiger partial charge on any atom is 0.228 e. The lowest BCUT2D eigenvalue weighted by Crippen LogP contribution is -2.42. The summed E-state index contributed by atoms with van der Waals surface area (Å²) in [6, 6.07) is 9.96. The van der Waals surface area contributed by atoms with E-state index in [-0.39, 0.29) is 17.7 Å². The van der Waals surface area contributed by atoms with E-state index in [1.807, 2.05) is 51.9 Å². The van der Waals surface area contributed by atoms with Crippen LogP contribution in [0, 0.1) is 5.92 Å². The highest BCUT2D eigenvalue weighted by atomic mass is 32.2. The summed E-state index contributed by atoms with van der Waals surface area (Å²) in [5.41, 5.74) is 1.12. The lowest BCUT2D eigenvalue weighted by molar-refractivity contribution is -0.135. The predicted molar refractivity (Wildman–Crippen MR) is 83.9 cm³/mol. The summed E-state index contributed by atoms with van der Waals surface area (Å²) >= 11 is 1.89. The zero-order valence-electron chi connectivity index (χ0n) is 12.0. The quantitative estimate of drug-likeness (QED) is 0.852. The van der Waals surface area contributed by atoms with Crippen molar-refractivity contribution in [3.05, 3.63) is 35.9 Å². The van der Waals surface area contributed by atoms with Crippen LogP contribution in [0.3, 0.4) is 0 Å². The molecule has 1 atom stereocenters. The van der Waals surface area contributed by atoms with Gasteiger partial charge in [0.15, 0.2) is 0 Å². The minimum absolute atomic E-state index is 0.101. The van der Waals surface area contributed by atoms with Gasteiger partial charge in [-0.1, -0.05) is 30.3 Å². The van der Waals surface area contributed by atoms with Crippen molar-refractivity contribution in [1.82, 2.24) is 9.80 Å². The molecule has 2 amide bonds. The fourth-order valence-corrected chi connectivity index (χ4v) is 3.84. The van der Waals surface area contributed by atoms with Crippen LogP contribution in [0.25, 0.3) is 0 Å². The highest BCUT2D eigenvalue weighted by molar-refractivity contribution is 7.99. The van der Waals surface area contributed by atoms with Gasteiger partial charge in [0.05, 0.1) is 5.92 Å². The van der Waals surface area contributed by atoms with Gasteiger partial charge in [-0.25, -0.2) is 0 Å². The molecular formula is C16H20N2O2S. The molecule has 0 N–H and O–H groups in total. The average Bonchev–Trinajstić information content (AvgIpc) is 2.89. The first-order valence-corrected chi connectivity index (χ1v) is 8.58. The maximum absolute atomic E-state index is 12.5. The third-order valence-electron chi connectivity index (χ3n) is 4.10. The molecule has 0 saturated carbocycles. The summed E-state index contributed by atoms with van der Waals surface area (Å²) in [4.78, 5) is 28.4. The summed E-state index contributed by atoms with van der Waals surface area (Å²) in [6.45, 7) is 2.83. The van der Waals surface area contributed by atoms with E-state index in [4.69, 9.17) is 0 Å². The summed E-state index contributed by atoms with van der Waals surface area (Å²) in [5, 5.41) is 0. The van der Waals surface area contributed by atoms with Gasteiger partial charge < -0.3 is 9.80 Å². The Morgan fingerprint density at radius 2 is 1.90 bits per heavy atom. The summed E-state index contributed by atoms with van der Waals surface area (Å²) < 4.78 is 0. The Labute approximate surface area is 129 Å². The van der Waals surface area contributed by atoms with Crippen molar-refractivity contribution in [2.75, 3.05) is 31.1 Å². The third-order valence-corrected chi connectivity index (χ3v) is 5.05. The van der Waals surface area contributed by atoms with E-state index in [0.29, 0.717) is 19.5 Å². The van der Waals surface area contributed by atoms with Gasteiger partial charge >= 0.3 is 0 Å². The topological polar surface area (TPSA) is 40.6 Å². The normalized spacial score (nSPS) is 22.7. The van der Waals surface area contributed by atoms with E-state index in [9.17, 15) is 9.59 Å². The second-order valence-electron chi connectivity index (χ2n) is 5.60. The van der Waals surface area contributed by atoms with E-state index < -0.39 is 0 Å². The van der Waals surface area contributed by atoms with E-state index in [0.717, 1.165) is 30.2 Å². The van der Waals surface area contributed by atoms with Crippen molar-refractivity contribution in [3.63, 3.8) is 0 Å². The fraction of sp³-hybridized carbons (Fsp3) is 0.500. The van der Waals surface area contributed by atoms with E-state index >= 15 is 0 Å². The highest BCUT2D eigenvalue weighted by Crippen LogP contribution is 2.23. The zero-order valence-corrected chi connectivity index (χ0v) is 12.8. The standard InChI is InChI=1S/C16H20N2O2S/c19-15-10-14(16(20)17-6-8-21-9-7-17)12-18(15)11-13-4-2-1-3-5-13/h1-5,14H,6-12H2. The fourth-order valence-electron chi connectivity index (χ4n) is 2.94. The molecular weight excluding hydrogens is 284 g/mol. The van der Waals surface area contributed by atoms with Crippen molar-refractivity contribution in [1.29, 1.82) is 0 Å². The van der Waals surface area contributed by atoms with Gasteiger partial charge in [-0.05, 0) is 5.56 Å². The maximum atomic E-state index is 12.5. The molecule has 2 heterocycles. The first kappa shape index (κ1) is 14.4. The van der Waals surface area contributed by atoms with Crippen LogP contribution in [0.15, 0.2) is 30.3 Å². The number of carbonyl (C=O) groups is 2. The van der Waals surface area contributed by atoms with Crippen LogP contribution >= 0.6 is 11.8 Å². The molecule has 1 unspecified atom stereocenters. The Bertz CT molecular complexity index is 514. The summed E-state index contributed by atoms with van der Waals surface area (Å²) in [7, 11) is 0. The van der Waals surface area contributed by atoms with Crippen LogP contribution in [-0.2, 0) is 16.1 Å². The molecule has 2 saturated heterocycles. The largest absolute Gasteiger partial charge is 0.341 e. The second-order valence-corrected chi connectivity index (χ2v) is 6.82. The van der Waals surface area contributed by atoms with Gasteiger partial charge in [0.25, 0.3) is 0 Å². The van der Waals surface area contributed by atoms with Gasteiger partial charge in [-0.3, -0.25) is 9.59 Å². The molecule has 3 rings (SSSR count). The number of rotatable bonds is 3. The Kier molecular flexibility index (Phi) is 4.48. The van der Waals surface area contributed by atoms with Crippen molar-refractivity contribution >= 4 is 23.6 Å². The molecule has 2 aliphatic rings. The number of thioether (sulfide) groups is 1. The Hall–Kier alpha value is -1.49. The molecule has 0 aromatic heterocycles. The van der Waals surface area contributed by atoms with Gasteiger partial charge in [-0.2, -0.15) is 11.8 Å². The molecule has 4 nitrogen and oxygen atoms in total. The number of hydrogen-bond acceptors (Lipinski definition) is 3. The molecule has 0 spiro atoms. The zero-order chi connectivity index (χ0) is 14.7. The molecule has 1 aromatic rings. The molecule has 112 valence electrons. The van der Waals surface area contributed by atoms with Gasteiger partial charge in [0.2, 0.25) is 11.8 Å². The summed E-state index contributed by atoms with van der Waals surface area (Å²) in [6.07, 6.45) is 0.370. The smallest absolute Gasteiger partial charge is 0.228 e. The first-order chi connectivity index (χ1) is 10.2. The minimum atomic E-state index is -0.149. The van der Waals surface area contributed by atoms with Gasteiger partial charge in [-0.15, -0.1) is 0 Å². The van der Waals surface area contributed by atoms with Crippen molar-refractivity contribution < 1.29 is 9.59 Å². The van der Waals surface area contributed by atoms with Crippen LogP contribution in [0.1, 0.15) is 12.0 Å². The first-order valence-electron chi connectivity index (χ1n) is 7.42. The van der Waals surface area contributed by atoms with Crippen LogP contribution < -0.4 is 0 Å². The minimum Gasteiger partial charge on any atom is -0.341 e. The molecule has 2 fully saturated rings. The Morgan fingerprint density at radius 1 is 1.19 bits per heavy atom. The molecule has 1 aromatic carbocycles. The van der Waals surface area contributed by atoms with Crippen LogP contribution in [0.5, 0.6) is 0 Å². The average molecular weight is 304 g/mol. The number of carbonyl (C=O) groups excluding carboxylic acids is 2. The van der Waals surface area contributed by atoms with Crippen LogP contribution in [-0.4, -0.2) is 52.8 Å². The SMILES string of the molecule is O=C1CC(C(=O)N2CCSCC2)CN1Cc1ccccc1. The molecule has 0 radical (unpaired) electrons.